The molecule has 114 valence electrons. The fraction of sp³-hybridized carbons (Fsp3) is 0.111. The molecule has 5 nitrogen and oxygen atoms in total. The Morgan fingerprint density at radius 1 is 1.09 bits per heavy atom. The molecule has 0 aliphatic rings. The van der Waals surface area contributed by atoms with Crippen molar-refractivity contribution in [3.8, 4) is 5.69 Å². The second-order valence-corrected chi connectivity index (χ2v) is 5.49. The molecule has 0 aliphatic heterocycles. The van der Waals surface area contributed by atoms with Gasteiger partial charge < -0.3 is 10.3 Å². The van der Waals surface area contributed by atoms with Crippen LogP contribution in [0.3, 0.4) is 0 Å². The SMILES string of the molecule is C[C@H](Nc1ccc2cc[nH]c2n1)c1ccccc1-n1cccn1. The molecule has 23 heavy (non-hydrogen) atoms. The normalized spacial score (nSPS) is 12.4. The molecule has 0 saturated heterocycles. The van der Waals surface area contributed by atoms with Crippen LogP contribution in [-0.4, -0.2) is 19.7 Å². The van der Waals surface area contributed by atoms with Crippen LogP contribution < -0.4 is 5.32 Å². The summed E-state index contributed by atoms with van der Waals surface area (Å²) in [6, 6.07) is 16.4. The van der Waals surface area contributed by atoms with Gasteiger partial charge in [0.1, 0.15) is 11.5 Å². The smallest absolute Gasteiger partial charge is 0.139 e. The van der Waals surface area contributed by atoms with E-state index in [4.69, 9.17) is 0 Å². The van der Waals surface area contributed by atoms with Crippen molar-refractivity contribution in [2.45, 2.75) is 13.0 Å². The van der Waals surface area contributed by atoms with Crippen molar-refractivity contribution in [3.63, 3.8) is 0 Å². The fourth-order valence-electron chi connectivity index (χ4n) is 2.78. The maximum atomic E-state index is 4.60. The molecule has 0 amide bonds. The van der Waals surface area contributed by atoms with Gasteiger partial charge >= 0.3 is 0 Å². The van der Waals surface area contributed by atoms with Crippen LogP contribution in [-0.2, 0) is 0 Å². The highest BCUT2D eigenvalue weighted by atomic mass is 15.3. The number of pyridine rings is 1. The lowest BCUT2D eigenvalue weighted by Crippen LogP contribution is -2.11. The molecule has 0 saturated carbocycles. The summed E-state index contributed by atoms with van der Waals surface area (Å²) in [6.07, 6.45) is 5.64. The minimum absolute atomic E-state index is 0.107. The van der Waals surface area contributed by atoms with Crippen molar-refractivity contribution in [1.82, 2.24) is 19.7 Å². The van der Waals surface area contributed by atoms with Crippen LogP contribution in [0.15, 0.2) is 67.1 Å². The standard InChI is InChI=1S/C18H17N5/c1-13(21-17-8-7-14-9-11-19-18(14)22-17)15-5-2-3-6-16(15)23-12-4-10-20-23/h2-13H,1H3,(H2,19,21,22)/t13-/m0/s1. The number of hydrogen-bond donors (Lipinski definition) is 2. The number of nitrogens with one attached hydrogen (secondary N) is 2. The first-order chi connectivity index (χ1) is 11.3. The minimum Gasteiger partial charge on any atom is -0.363 e. The third kappa shape index (κ3) is 2.57. The van der Waals surface area contributed by atoms with E-state index in [1.54, 1.807) is 6.20 Å². The van der Waals surface area contributed by atoms with Gasteiger partial charge in [0.15, 0.2) is 0 Å². The predicted molar refractivity (Wildman–Crippen MR) is 91.7 cm³/mol. The van der Waals surface area contributed by atoms with Gasteiger partial charge in [-0.25, -0.2) is 9.67 Å². The Balaban J connectivity index is 1.65. The van der Waals surface area contributed by atoms with Gasteiger partial charge in [0, 0.05) is 24.0 Å². The molecule has 0 radical (unpaired) electrons. The number of anilines is 1. The van der Waals surface area contributed by atoms with Crippen molar-refractivity contribution in [2.75, 3.05) is 5.32 Å². The van der Waals surface area contributed by atoms with E-state index in [9.17, 15) is 0 Å². The average Bonchev–Trinajstić information content (AvgIpc) is 3.26. The van der Waals surface area contributed by atoms with Gasteiger partial charge in [0.2, 0.25) is 0 Å². The lowest BCUT2D eigenvalue weighted by molar-refractivity contribution is 0.815. The van der Waals surface area contributed by atoms with E-state index in [0.29, 0.717) is 0 Å². The van der Waals surface area contributed by atoms with Gasteiger partial charge in [0.05, 0.1) is 11.7 Å². The van der Waals surface area contributed by atoms with Crippen molar-refractivity contribution in [3.05, 3.63) is 72.7 Å². The summed E-state index contributed by atoms with van der Waals surface area (Å²) >= 11 is 0. The summed E-state index contributed by atoms with van der Waals surface area (Å²) in [4.78, 5) is 7.75. The Bertz CT molecular complexity index is 923. The van der Waals surface area contributed by atoms with Crippen LogP contribution in [0.1, 0.15) is 18.5 Å². The molecule has 0 unspecified atom stereocenters. The number of nitrogens with zero attached hydrogens (tertiary/aromatic N) is 3. The third-order valence-electron chi connectivity index (χ3n) is 3.93. The summed E-state index contributed by atoms with van der Waals surface area (Å²) in [5.41, 5.74) is 3.13. The molecule has 4 aromatic rings. The quantitative estimate of drug-likeness (QED) is 0.600. The molecule has 4 rings (SSSR count). The largest absolute Gasteiger partial charge is 0.363 e. The molecule has 3 heterocycles. The van der Waals surface area contributed by atoms with Crippen molar-refractivity contribution < 1.29 is 0 Å². The molecular weight excluding hydrogens is 286 g/mol. The molecule has 1 atom stereocenters. The first-order valence-corrected chi connectivity index (χ1v) is 7.61. The Morgan fingerprint density at radius 2 is 2.00 bits per heavy atom. The summed E-state index contributed by atoms with van der Waals surface area (Å²) < 4.78 is 1.88. The lowest BCUT2D eigenvalue weighted by atomic mass is 10.1. The highest BCUT2D eigenvalue weighted by molar-refractivity contribution is 5.77. The average molecular weight is 303 g/mol. The van der Waals surface area contributed by atoms with Crippen LogP contribution >= 0.6 is 0 Å². The second-order valence-electron chi connectivity index (χ2n) is 5.49. The van der Waals surface area contributed by atoms with Gasteiger partial charge in [0.25, 0.3) is 0 Å². The number of para-hydroxylation sites is 1. The van der Waals surface area contributed by atoms with Crippen LogP contribution in [0.2, 0.25) is 0 Å². The van der Waals surface area contributed by atoms with Gasteiger partial charge in [-0.05, 0) is 42.8 Å². The van der Waals surface area contributed by atoms with Crippen molar-refractivity contribution in [1.29, 1.82) is 0 Å². The monoisotopic (exact) mass is 303 g/mol. The molecule has 0 aliphatic carbocycles. The predicted octanol–water partition coefficient (Wildman–Crippen LogP) is 3.92. The zero-order chi connectivity index (χ0) is 15.6. The maximum absolute atomic E-state index is 4.60. The summed E-state index contributed by atoms with van der Waals surface area (Å²) in [5.74, 6) is 0.850. The number of benzene rings is 1. The van der Waals surface area contributed by atoms with E-state index in [1.807, 2.05) is 47.4 Å². The van der Waals surface area contributed by atoms with E-state index in [-0.39, 0.29) is 6.04 Å². The molecule has 1 aromatic carbocycles. The number of fused-ring (bicyclic) bond motifs is 1. The number of H-pyrrole nitrogens is 1. The van der Waals surface area contributed by atoms with E-state index in [0.717, 1.165) is 22.5 Å². The summed E-state index contributed by atoms with van der Waals surface area (Å²) in [7, 11) is 0. The first kappa shape index (κ1) is 13.6. The number of aromatic nitrogens is 4. The van der Waals surface area contributed by atoms with Gasteiger partial charge in [-0.15, -0.1) is 0 Å². The molecule has 3 aromatic heterocycles. The summed E-state index contributed by atoms with van der Waals surface area (Å²) in [5, 5.41) is 8.92. The van der Waals surface area contributed by atoms with E-state index in [1.165, 1.54) is 5.56 Å². The fourth-order valence-corrected chi connectivity index (χ4v) is 2.78. The van der Waals surface area contributed by atoms with Crippen LogP contribution in [0.25, 0.3) is 16.7 Å². The molecule has 0 fully saturated rings. The van der Waals surface area contributed by atoms with E-state index in [2.05, 4.69) is 45.5 Å². The number of aromatic amines is 1. The number of rotatable bonds is 4. The Morgan fingerprint density at radius 3 is 2.87 bits per heavy atom. The molecular formula is C18H17N5. The Hall–Kier alpha value is -3.08. The van der Waals surface area contributed by atoms with Gasteiger partial charge in [-0.3, -0.25) is 0 Å². The molecule has 2 N–H and O–H groups in total. The highest BCUT2D eigenvalue weighted by Crippen LogP contribution is 2.24. The second kappa shape index (κ2) is 5.61. The van der Waals surface area contributed by atoms with E-state index >= 15 is 0 Å². The van der Waals surface area contributed by atoms with Gasteiger partial charge in [-0.1, -0.05) is 18.2 Å². The molecule has 0 bridgehead atoms. The lowest BCUT2D eigenvalue weighted by Gasteiger charge is -2.18. The summed E-state index contributed by atoms with van der Waals surface area (Å²) in [6.45, 7) is 2.13. The van der Waals surface area contributed by atoms with Crippen LogP contribution in [0, 0.1) is 0 Å². The third-order valence-corrected chi connectivity index (χ3v) is 3.93. The minimum atomic E-state index is 0.107. The van der Waals surface area contributed by atoms with Crippen molar-refractivity contribution in [2.24, 2.45) is 0 Å². The Labute approximate surface area is 134 Å². The molecule has 5 heteroatoms. The van der Waals surface area contributed by atoms with Gasteiger partial charge in [-0.2, -0.15) is 5.10 Å². The number of hydrogen-bond acceptors (Lipinski definition) is 3. The zero-order valence-corrected chi connectivity index (χ0v) is 12.8. The first-order valence-electron chi connectivity index (χ1n) is 7.61. The van der Waals surface area contributed by atoms with Crippen molar-refractivity contribution >= 4 is 16.9 Å². The van der Waals surface area contributed by atoms with Crippen LogP contribution in [0.5, 0.6) is 0 Å². The van der Waals surface area contributed by atoms with E-state index < -0.39 is 0 Å². The maximum Gasteiger partial charge on any atom is 0.139 e. The topological polar surface area (TPSA) is 58.5 Å². The highest BCUT2D eigenvalue weighted by Gasteiger charge is 2.12. The zero-order valence-electron chi connectivity index (χ0n) is 12.8. The van der Waals surface area contributed by atoms with Crippen LogP contribution in [0.4, 0.5) is 5.82 Å². The Kier molecular flexibility index (Phi) is 3.31. The molecule has 0 spiro atoms.